The number of rotatable bonds is 2. The summed E-state index contributed by atoms with van der Waals surface area (Å²) in [6.07, 6.45) is 1.78. The fourth-order valence-electron chi connectivity index (χ4n) is 2.52. The van der Waals surface area contributed by atoms with Crippen LogP contribution in [0.1, 0.15) is 23.5 Å². The Bertz CT molecular complexity index is 712. The van der Waals surface area contributed by atoms with E-state index in [4.69, 9.17) is 0 Å². The minimum Gasteiger partial charge on any atom is -0.274 e. The molecule has 0 spiro atoms. The van der Waals surface area contributed by atoms with Gasteiger partial charge in [-0.15, -0.1) is 0 Å². The average molecular weight is 345 g/mol. The van der Waals surface area contributed by atoms with Gasteiger partial charge < -0.3 is 0 Å². The molecule has 4 nitrogen and oxygen atoms in total. The molecule has 1 saturated heterocycles. The Kier molecular flexibility index (Phi) is 3.59. The van der Waals surface area contributed by atoms with Crippen molar-refractivity contribution in [1.82, 2.24) is 4.98 Å². The third-order valence-electron chi connectivity index (χ3n) is 3.61. The van der Waals surface area contributed by atoms with Gasteiger partial charge in [0.2, 0.25) is 11.8 Å². The van der Waals surface area contributed by atoms with Crippen LogP contribution in [0.25, 0.3) is 0 Å². The highest BCUT2D eigenvalue weighted by Gasteiger charge is 2.41. The van der Waals surface area contributed by atoms with Crippen LogP contribution in [0, 0.1) is 6.92 Å². The lowest BCUT2D eigenvalue weighted by Gasteiger charge is -2.16. The van der Waals surface area contributed by atoms with Gasteiger partial charge in [0.25, 0.3) is 0 Å². The Balaban J connectivity index is 1.96. The molecular weight excluding hydrogens is 332 g/mol. The number of benzene rings is 1. The summed E-state index contributed by atoms with van der Waals surface area (Å²) in [5.41, 5.74) is 1.67. The Morgan fingerprint density at radius 2 is 1.90 bits per heavy atom. The molecule has 1 aliphatic heterocycles. The van der Waals surface area contributed by atoms with Crippen molar-refractivity contribution in [1.29, 1.82) is 0 Å². The summed E-state index contributed by atoms with van der Waals surface area (Å²) in [5, 5.41) is 0. The lowest BCUT2D eigenvalue weighted by molar-refractivity contribution is -0.121. The maximum atomic E-state index is 12.6. The number of anilines is 1. The summed E-state index contributed by atoms with van der Waals surface area (Å²) in [4.78, 5) is 30.2. The molecule has 5 heteroatoms. The molecule has 0 saturated carbocycles. The van der Waals surface area contributed by atoms with E-state index in [0.29, 0.717) is 5.82 Å². The molecule has 1 aromatic carbocycles. The first kappa shape index (κ1) is 13.9. The molecule has 2 aromatic rings. The van der Waals surface area contributed by atoms with Crippen LogP contribution in [0.4, 0.5) is 5.82 Å². The topological polar surface area (TPSA) is 50.3 Å². The normalized spacial score (nSPS) is 18.4. The lowest BCUT2D eigenvalue weighted by Crippen LogP contribution is -2.31. The van der Waals surface area contributed by atoms with Crippen LogP contribution in [0.15, 0.2) is 47.1 Å². The first-order valence-electron chi connectivity index (χ1n) is 6.62. The van der Waals surface area contributed by atoms with E-state index in [1.807, 2.05) is 37.3 Å². The van der Waals surface area contributed by atoms with Gasteiger partial charge in [-0.25, -0.2) is 9.88 Å². The SMILES string of the molecule is Cc1cccnc1N1C(=O)CC(c2ccc(Br)cc2)C1=O. The van der Waals surface area contributed by atoms with Crippen LogP contribution in [0.2, 0.25) is 0 Å². The minimum atomic E-state index is -0.424. The van der Waals surface area contributed by atoms with Crippen LogP contribution in [-0.4, -0.2) is 16.8 Å². The van der Waals surface area contributed by atoms with Gasteiger partial charge in [-0.3, -0.25) is 9.59 Å². The molecule has 0 radical (unpaired) electrons. The van der Waals surface area contributed by atoms with Crippen molar-refractivity contribution in [3.8, 4) is 0 Å². The average Bonchev–Trinajstić information content (AvgIpc) is 2.76. The maximum Gasteiger partial charge on any atom is 0.243 e. The zero-order valence-corrected chi connectivity index (χ0v) is 13.0. The van der Waals surface area contributed by atoms with Crippen molar-refractivity contribution < 1.29 is 9.59 Å². The number of pyridine rings is 1. The number of aromatic nitrogens is 1. The summed E-state index contributed by atoms with van der Waals surface area (Å²) in [6, 6.07) is 11.1. The molecule has 1 aromatic heterocycles. The number of hydrogen-bond acceptors (Lipinski definition) is 3. The van der Waals surface area contributed by atoms with E-state index < -0.39 is 5.92 Å². The van der Waals surface area contributed by atoms with Gasteiger partial charge in [-0.1, -0.05) is 34.1 Å². The van der Waals surface area contributed by atoms with Crippen LogP contribution < -0.4 is 4.90 Å². The molecule has 21 heavy (non-hydrogen) atoms. The van der Waals surface area contributed by atoms with Gasteiger partial charge in [0.1, 0.15) is 5.82 Å². The molecule has 2 amide bonds. The summed E-state index contributed by atoms with van der Waals surface area (Å²) in [5.74, 6) is -0.391. The van der Waals surface area contributed by atoms with Crippen LogP contribution in [-0.2, 0) is 9.59 Å². The summed E-state index contributed by atoms with van der Waals surface area (Å²) >= 11 is 3.37. The van der Waals surface area contributed by atoms with Crippen molar-refractivity contribution in [3.63, 3.8) is 0 Å². The number of halogens is 1. The predicted octanol–water partition coefficient (Wildman–Crippen LogP) is 3.20. The first-order valence-corrected chi connectivity index (χ1v) is 7.41. The van der Waals surface area contributed by atoms with Gasteiger partial charge >= 0.3 is 0 Å². The second kappa shape index (κ2) is 5.41. The van der Waals surface area contributed by atoms with Gasteiger partial charge in [0.05, 0.1) is 5.92 Å². The molecule has 3 rings (SSSR count). The van der Waals surface area contributed by atoms with Crippen LogP contribution in [0.5, 0.6) is 0 Å². The van der Waals surface area contributed by atoms with Crippen molar-refractivity contribution in [2.75, 3.05) is 4.90 Å². The highest BCUT2D eigenvalue weighted by atomic mass is 79.9. The lowest BCUT2D eigenvalue weighted by atomic mass is 9.98. The molecule has 1 aliphatic rings. The number of nitrogens with zero attached hydrogens (tertiary/aromatic N) is 2. The van der Waals surface area contributed by atoms with E-state index in [1.165, 1.54) is 4.90 Å². The second-order valence-electron chi connectivity index (χ2n) is 5.02. The van der Waals surface area contributed by atoms with Gasteiger partial charge in [0.15, 0.2) is 0 Å². The van der Waals surface area contributed by atoms with Gasteiger partial charge in [0, 0.05) is 17.1 Å². The monoisotopic (exact) mass is 344 g/mol. The Morgan fingerprint density at radius 1 is 1.19 bits per heavy atom. The largest absolute Gasteiger partial charge is 0.274 e. The van der Waals surface area contributed by atoms with E-state index in [9.17, 15) is 9.59 Å². The zero-order chi connectivity index (χ0) is 15.0. The molecule has 1 atom stereocenters. The number of carbonyl (C=O) groups is 2. The van der Waals surface area contributed by atoms with Crippen molar-refractivity contribution in [2.45, 2.75) is 19.3 Å². The summed E-state index contributed by atoms with van der Waals surface area (Å²) in [7, 11) is 0. The van der Waals surface area contributed by atoms with E-state index in [2.05, 4.69) is 20.9 Å². The predicted molar refractivity (Wildman–Crippen MR) is 83.0 cm³/mol. The third kappa shape index (κ3) is 2.49. The number of hydrogen-bond donors (Lipinski definition) is 0. The minimum absolute atomic E-state index is 0.191. The van der Waals surface area contributed by atoms with E-state index in [0.717, 1.165) is 15.6 Å². The first-order chi connectivity index (χ1) is 10.1. The van der Waals surface area contributed by atoms with Crippen molar-refractivity contribution in [2.24, 2.45) is 0 Å². The Hall–Kier alpha value is -2.01. The van der Waals surface area contributed by atoms with Gasteiger partial charge in [-0.05, 0) is 36.2 Å². The van der Waals surface area contributed by atoms with E-state index in [-0.39, 0.29) is 18.2 Å². The number of carbonyl (C=O) groups excluding carboxylic acids is 2. The molecule has 1 fully saturated rings. The molecule has 0 bridgehead atoms. The highest BCUT2D eigenvalue weighted by Crippen LogP contribution is 2.33. The molecular formula is C16H13BrN2O2. The highest BCUT2D eigenvalue weighted by molar-refractivity contribution is 9.10. The van der Waals surface area contributed by atoms with Crippen LogP contribution in [0.3, 0.4) is 0 Å². The fraction of sp³-hybridized carbons (Fsp3) is 0.188. The standard InChI is InChI=1S/C16H13BrN2O2/c1-10-3-2-8-18-15(10)19-14(20)9-13(16(19)21)11-4-6-12(17)7-5-11/h2-8,13H,9H2,1H3. The van der Waals surface area contributed by atoms with E-state index >= 15 is 0 Å². The van der Waals surface area contributed by atoms with Crippen molar-refractivity contribution >= 4 is 33.6 Å². The smallest absolute Gasteiger partial charge is 0.243 e. The molecule has 106 valence electrons. The Morgan fingerprint density at radius 3 is 2.57 bits per heavy atom. The summed E-state index contributed by atoms with van der Waals surface area (Å²) < 4.78 is 0.945. The third-order valence-corrected chi connectivity index (χ3v) is 4.14. The molecule has 0 aliphatic carbocycles. The zero-order valence-electron chi connectivity index (χ0n) is 11.4. The quantitative estimate of drug-likeness (QED) is 0.786. The van der Waals surface area contributed by atoms with E-state index in [1.54, 1.807) is 12.3 Å². The molecule has 1 unspecified atom stereocenters. The van der Waals surface area contributed by atoms with Gasteiger partial charge in [-0.2, -0.15) is 0 Å². The molecule has 2 heterocycles. The fourth-order valence-corrected chi connectivity index (χ4v) is 2.79. The maximum absolute atomic E-state index is 12.6. The van der Waals surface area contributed by atoms with Crippen molar-refractivity contribution in [3.05, 3.63) is 58.2 Å². The second-order valence-corrected chi connectivity index (χ2v) is 5.94. The number of aryl methyl sites for hydroxylation is 1. The number of imide groups is 1. The molecule has 0 N–H and O–H groups in total. The summed E-state index contributed by atoms with van der Waals surface area (Å²) in [6.45, 7) is 1.84. The Labute approximate surface area is 130 Å². The van der Waals surface area contributed by atoms with Crippen LogP contribution >= 0.6 is 15.9 Å². The number of amides is 2.